The molecule has 0 spiro atoms. The van der Waals surface area contributed by atoms with E-state index in [0.29, 0.717) is 5.03 Å². The molecule has 1 heterocycles. The highest BCUT2D eigenvalue weighted by Gasteiger charge is 2.02. The van der Waals surface area contributed by atoms with E-state index >= 15 is 0 Å². The lowest BCUT2D eigenvalue weighted by molar-refractivity contribution is 0.684. The Kier molecular flexibility index (Phi) is 1.89. The summed E-state index contributed by atoms with van der Waals surface area (Å²) in [5.41, 5.74) is 0. The number of rotatable bonds is 1. The second-order valence-electron chi connectivity index (χ2n) is 2.19. The molecule has 0 N–H and O–H groups in total. The average molecular weight is 158 g/mol. The van der Waals surface area contributed by atoms with E-state index in [1.165, 1.54) is 0 Å². The molecule has 0 radical (unpaired) electrons. The Hall–Kier alpha value is -0.640. The van der Waals surface area contributed by atoms with E-state index < -0.39 is 10.8 Å². The molecule has 3 nitrogen and oxygen atoms in total. The molecule has 10 heavy (non-hydrogen) atoms. The largest absolute Gasteiger partial charge is 0.337 e. The molecule has 1 unspecified atom stereocenters. The highest BCUT2D eigenvalue weighted by atomic mass is 32.2. The summed E-state index contributed by atoms with van der Waals surface area (Å²) in [7, 11) is 0.937. The van der Waals surface area contributed by atoms with Gasteiger partial charge in [-0.3, -0.25) is 4.21 Å². The second-order valence-corrected chi connectivity index (χ2v) is 3.52. The monoisotopic (exact) mass is 158 g/mol. The SMILES string of the molecule is Cc1nc(S(C)=O)cn1C. The van der Waals surface area contributed by atoms with Crippen LogP contribution in [0.15, 0.2) is 11.2 Å². The molecule has 0 aromatic carbocycles. The number of nitrogens with zero attached hydrogens (tertiary/aromatic N) is 2. The van der Waals surface area contributed by atoms with Crippen molar-refractivity contribution in [3.05, 3.63) is 12.0 Å². The van der Waals surface area contributed by atoms with Crippen LogP contribution in [0.5, 0.6) is 0 Å². The van der Waals surface area contributed by atoms with Crippen molar-refractivity contribution >= 4 is 10.8 Å². The molecule has 1 rings (SSSR count). The fraction of sp³-hybridized carbons (Fsp3) is 0.500. The Morgan fingerprint density at radius 3 is 2.50 bits per heavy atom. The Balaban J connectivity index is 3.10. The van der Waals surface area contributed by atoms with Gasteiger partial charge in [0.1, 0.15) is 10.9 Å². The molecular formula is C6H10N2OS. The molecule has 0 aliphatic rings. The maximum atomic E-state index is 10.8. The number of aromatic nitrogens is 2. The quantitative estimate of drug-likeness (QED) is 0.595. The summed E-state index contributed by atoms with van der Waals surface area (Å²) >= 11 is 0. The first-order chi connectivity index (χ1) is 4.61. The zero-order valence-electron chi connectivity index (χ0n) is 6.29. The van der Waals surface area contributed by atoms with Gasteiger partial charge in [0.05, 0.1) is 10.8 Å². The maximum Gasteiger partial charge on any atom is 0.145 e. The number of hydrogen-bond acceptors (Lipinski definition) is 2. The predicted molar refractivity (Wildman–Crippen MR) is 40.3 cm³/mol. The van der Waals surface area contributed by atoms with Crippen LogP contribution in [0.4, 0.5) is 0 Å². The summed E-state index contributed by atoms with van der Waals surface area (Å²) < 4.78 is 12.7. The van der Waals surface area contributed by atoms with Crippen molar-refractivity contribution in [3.8, 4) is 0 Å². The lowest BCUT2D eigenvalue weighted by atomic mass is 10.7. The third-order valence-corrected chi connectivity index (χ3v) is 2.17. The third kappa shape index (κ3) is 1.26. The van der Waals surface area contributed by atoms with E-state index in [-0.39, 0.29) is 0 Å². The van der Waals surface area contributed by atoms with E-state index in [2.05, 4.69) is 4.98 Å². The molecule has 4 heteroatoms. The molecule has 0 bridgehead atoms. The lowest BCUT2D eigenvalue weighted by Gasteiger charge is -1.87. The molecule has 0 saturated carbocycles. The summed E-state index contributed by atoms with van der Waals surface area (Å²) in [6, 6.07) is 0. The average Bonchev–Trinajstić information content (AvgIpc) is 2.13. The van der Waals surface area contributed by atoms with E-state index in [9.17, 15) is 4.21 Å². The van der Waals surface area contributed by atoms with E-state index in [0.717, 1.165) is 5.82 Å². The summed E-state index contributed by atoms with van der Waals surface area (Å²) in [4.78, 5) is 4.07. The van der Waals surface area contributed by atoms with Crippen molar-refractivity contribution in [1.29, 1.82) is 0 Å². The van der Waals surface area contributed by atoms with Gasteiger partial charge in [-0.2, -0.15) is 0 Å². The molecule has 0 aliphatic heterocycles. The first kappa shape index (κ1) is 7.47. The Labute approximate surface area is 62.5 Å². The van der Waals surface area contributed by atoms with Gasteiger partial charge in [-0.25, -0.2) is 4.98 Å². The number of hydrogen-bond donors (Lipinski definition) is 0. The summed E-state index contributed by atoms with van der Waals surface area (Å²) in [6.07, 6.45) is 3.41. The second kappa shape index (κ2) is 2.54. The van der Waals surface area contributed by atoms with Crippen LogP contribution in [-0.4, -0.2) is 20.0 Å². The van der Waals surface area contributed by atoms with E-state index in [1.54, 1.807) is 12.5 Å². The van der Waals surface area contributed by atoms with Crippen molar-refractivity contribution in [2.75, 3.05) is 6.26 Å². The highest BCUT2D eigenvalue weighted by Crippen LogP contribution is 2.02. The van der Waals surface area contributed by atoms with Crippen molar-refractivity contribution in [1.82, 2.24) is 9.55 Å². The lowest BCUT2D eigenvalue weighted by Crippen LogP contribution is -1.86. The minimum Gasteiger partial charge on any atom is -0.337 e. The normalized spacial score (nSPS) is 13.5. The number of aryl methyl sites for hydroxylation is 2. The van der Waals surface area contributed by atoms with Crippen LogP contribution in [0.25, 0.3) is 0 Å². The predicted octanol–water partition coefficient (Wildman–Crippen LogP) is 0.466. The molecule has 1 atom stereocenters. The van der Waals surface area contributed by atoms with Gasteiger partial charge in [-0.15, -0.1) is 0 Å². The summed E-state index contributed by atoms with van der Waals surface area (Å²) in [5.74, 6) is 0.894. The minimum absolute atomic E-state index is 0.653. The van der Waals surface area contributed by atoms with Crippen molar-refractivity contribution in [2.45, 2.75) is 11.9 Å². The van der Waals surface area contributed by atoms with E-state index in [4.69, 9.17) is 0 Å². The summed E-state index contributed by atoms with van der Waals surface area (Å²) in [6.45, 7) is 1.89. The Morgan fingerprint density at radius 1 is 1.70 bits per heavy atom. The molecule has 0 saturated heterocycles. The van der Waals surface area contributed by atoms with Gasteiger partial charge in [0, 0.05) is 19.5 Å². The van der Waals surface area contributed by atoms with Crippen LogP contribution in [0, 0.1) is 6.92 Å². The van der Waals surface area contributed by atoms with Gasteiger partial charge in [0.15, 0.2) is 0 Å². The van der Waals surface area contributed by atoms with Gasteiger partial charge < -0.3 is 4.57 Å². The Morgan fingerprint density at radius 2 is 2.30 bits per heavy atom. The third-order valence-electron chi connectivity index (χ3n) is 1.38. The Bertz CT molecular complexity index is 247. The molecular weight excluding hydrogens is 148 g/mol. The maximum absolute atomic E-state index is 10.8. The van der Waals surface area contributed by atoms with Crippen molar-refractivity contribution in [3.63, 3.8) is 0 Å². The fourth-order valence-electron chi connectivity index (χ4n) is 0.665. The van der Waals surface area contributed by atoms with E-state index in [1.807, 2.05) is 18.5 Å². The molecule has 1 aromatic heterocycles. The standard InChI is InChI=1S/C6H10N2OS/c1-5-7-6(10(3)9)4-8(5)2/h4H,1-3H3. The van der Waals surface area contributed by atoms with Crippen molar-refractivity contribution in [2.24, 2.45) is 7.05 Å². The molecule has 0 aliphatic carbocycles. The van der Waals surface area contributed by atoms with Gasteiger partial charge in [-0.1, -0.05) is 0 Å². The van der Waals surface area contributed by atoms with Gasteiger partial charge >= 0.3 is 0 Å². The topological polar surface area (TPSA) is 34.9 Å². The van der Waals surface area contributed by atoms with Crippen LogP contribution in [-0.2, 0) is 17.8 Å². The van der Waals surface area contributed by atoms with Crippen LogP contribution in [0.2, 0.25) is 0 Å². The van der Waals surface area contributed by atoms with Crippen molar-refractivity contribution < 1.29 is 4.21 Å². The first-order valence-corrected chi connectivity index (χ1v) is 4.50. The van der Waals surface area contributed by atoms with Gasteiger partial charge in [-0.05, 0) is 6.92 Å². The van der Waals surface area contributed by atoms with Gasteiger partial charge in [0.25, 0.3) is 0 Å². The highest BCUT2D eigenvalue weighted by molar-refractivity contribution is 7.84. The first-order valence-electron chi connectivity index (χ1n) is 2.94. The smallest absolute Gasteiger partial charge is 0.145 e. The summed E-state index contributed by atoms with van der Waals surface area (Å²) in [5, 5.41) is 0.653. The molecule has 0 amide bonds. The molecule has 56 valence electrons. The van der Waals surface area contributed by atoms with Crippen LogP contribution in [0.1, 0.15) is 5.82 Å². The molecule has 0 fully saturated rings. The zero-order chi connectivity index (χ0) is 7.72. The van der Waals surface area contributed by atoms with Crippen LogP contribution in [0.3, 0.4) is 0 Å². The minimum atomic E-state index is -0.950. The number of imidazole rings is 1. The van der Waals surface area contributed by atoms with Crippen LogP contribution < -0.4 is 0 Å². The van der Waals surface area contributed by atoms with Gasteiger partial charge in [0.2, 0.25) is 0 Å². The molecule has 1 aromatic rings. The zero-order valence-corrected chi connectivity index (χ0v) is 7.10. The van der Waals surface area contributed by atoms with Crippen LogP contribution >= 0.6 is 0 Å². The fourth-order valence-corrected chi connectivity index (χ4v) is 1.23.